The standard InChI is InChI=1S/C21H16F3N5O/c22-21(23,24)18-12-15(10-11-25-18)26-13-19-27-20(29-28-19)14-6-8-17(9-7-14)30-16-4-2-1-3-5-16/h1-12H,13H2,(H,25,26)(H,27,28,29). The first kappa shape index (κ1) is 19.4. The lowest BCUT2D eigenvalue weighted by atomic mass is 10.2. The van der Waals surface area contributed by atoms with Crippen molar-refractivity contribution in [2.75, 3.05) is 5.32 Å². The lowest BCUT2D eigenvalue weighted by Crippen LogP contribution is -2.09. The number of benzene rings is 2. The van der Waals surface area contributed by atoms with Crippen molar-refractivity contribution in [1.82, 2.24) is 20.2 Å². The highest BCUT2D eigenvalue weighted by atomic mass is 19.4. The van der Waals surface area contributed by atoms with Crippen LogP contribution in [0.1, 0.15) is 11.5 Å². The van der Waals surface area contributed by atoms with Gasteiger partial charge in [0, 0.05) is 17.4 Å². The largest absolute Gasteiger partial charge is 0.457 e. The lowest BCUT2D eigenvalue weighted by molar-refractivity contribution is -0.141. The van der Waals surface area contributed by atoms with Crippen molar-refractivity contribution < 1.29 is 17.9 Å². The van der Waals surface area contributed by atoms with Crippen molar-refractivity contribution in [3.63, 3.8) is 0 Å². The Bertz CT molecular complexity index is 1110. The first-order valence-electron chi connectivity index (χ1n) is 8.99. The fourth-order valence-electron chi connectivity index (χ4n) is 2.68. The molecule has 4 rings (SSSR count). The Morgan fingerprint density at radius 2 is 1.67 bits per heavy atom. The number of nitrogens with one attached hydrogen (secondary N) is 2. The van der Waals surface area contributed by atoms with E-state index in [4.69, 9.17) is 4.74 Å². The number of hydrogen-bond donors (Lipinski definition) is 2. The number of anilines is 1. The average Bonchev–Trinajstić information content (AvgIpc) is 3.22. The molecule has 0 saturated carbocycles. The average molecular weight is 411 g/mol. The van der Waals surface area contributed by atoms with Crippen LogP contribution in [0.15, 0.2) is 72.9 Å². The van der Waals surface area contributed by atoms with E-state index in [2.05, 4.69) is 25.5 Å². The molecule has 152 valence electrons. The molecule has 30 heavy (non-hydrogen) atoms. The fraction of sp³-hybridized carbons (Fsp3) is 0.0952. The zero-order valence-electron chi connectivity index (χ0n) is 15.5. The van der Waals surface area contributed by atoms with E-state index in [1.165, 1.54) is 6.07 Å². The summed E-state index contributed by atoms with van der Waals surface area (Å²) in [5.41, 5.74) is 0.113. The summed E-state index contributed by atoms with van der Waals surface area (Å²) >= 11 is 0. The molecule has 0 fully saturated rings. The Kier molecular flexibility index (Phi) is 5.34. The molecule has 2 aromatic carbocycles. The smallest absolute Gasteiger partial charge is 0.433 e. The molecule has 2 heterocycles. The van der Waals surface area contributed by atoms with E-state index in [0.717, 1.165) is 23.6 Å². The van der Waals surface area contributed by atoms with Crippen LogP contribution < -0.4 is 10.1 Å². The van der Waals surface area contributed by atoms with Crippen LogP contribution in [0.3, 0.4) is 0 Å². The maximum atomic E-state index is 12.7. The number of rotatable bonds is 6. The molecule has 9 heteroatoms. The fourth-order valence-corrected chi connectivity index (χ4v) is 2.68. The highest BCUT2D eigenvalue weighted by Crippen LogP contribution is 2.29. The van der Waals surface area contributed by atoms with Crippen molar-refractivity contribution in [2.24, 2.45) is 0 Å². The molecule has 0 bridgehead atoms. The molecule has 2 aromatic heterocycles. The number of nitrogens with zero attached hydrogens (tertiary/aromatic N) is 3. The van der Waals surface area contributed by atoms with E-state index >= 15 is 0 Å². The van der Waals surface area contributed by atoms with E-state index in [9.17, 15) is 13.2 Å². The molecule has 6 nitrogen and oxygen atoms in total. The van der Waals surface area contributed by atoms with Gasteiger partial charge in [0.2, 0.25) is 0 Å². The minimum Gasteiger partial charge on any atom is -0.457 e. The zero-order chi connectivity index (χ0) is 21.0. The quantitative estimate of drug-likeness (QED) is 0.451. The monoisotopic (exact) mass is 411 g/mol. The lowest BCUT2D eigenvalue weighted by Gasteiger charge is -2.08. The second-order valence-electron chi connectivity index (χ2n) is 6.33. The third-order valence-corrected chi connectivity index (χ3v) is 4.13. The summed E-state index contributed by atoms with van der Waals surface area (Å²) in [4.78, 5) is 7.70. The number of ether oxygens (including phenoxy) is 1. The first-order valence-corrected chi connectivity index (χ1v) is 8.99. The highest BCUT2D eigenvalue weighted by Gasteiger charge is 2.32. The number of alkyl halides is 3. The summed E-state index contributed by atoms with van der Waals surface area (Å²) in [5.74, 6) is 2.38. The molecule has 0 aliphatic rings. The van der Waals surface area contributed by atoms with Gasteiger partial charge in [-0.25, -0.2) is 4.98 Å². The molecule has 0 spiro atoms. The second kappa shape index (κ2) is 8.24. The molecule has 0 unspecified atom stereocenters. The van der Waals surface area contributed by atoms with Crippen LogP contribution >= 0.6 is 0 Å². The third kappa shape index (κ3) is 4.75. The van der Waals surface area contributed by atoms with Gasteiger partial charge in [0.25, 0.3) is 0 Å². The summed E-state index contributed by atoms with van der Waals surface area (Å²) in [6, 6.07) is 19.1. The van der Waals surface area contributed by atoms with E-state index in [1.54, 1.807) is 0 Å². The number of aromatic amines is 1. The SMILES string of the molecule is FC(F)(F)c1cc(NCc2nc(-c3ccc(Oc4ccccc4)cc3)n[nH]2)ccn1. The Balaban J connectivity index is 1.39. The first-order chi connectivity index (χ1) is 14.5. The van der Waals surface area contributed by atoms with Crippen molar-refractivity contribution in [2.45, 2.75) is 12.7 Å². The number of hydrogen-bond acceptors (Lipinski definition) is 5. The maximum absolute atomic E-state index is 12.7. The molecule has 0 saturated heterocycles. The minimum absolute atomic E-state index is 0.184. The predicted octanol–water partition coefficient (Wildman–Crippen LogP) is 5.29. The number of H-pyrrole nitrogens is 1. The van der Waals surface area contributed by atoms with Crippen molar-refractivity contribution >= 4 is 5.69 Å². The Hall–Kier alpha value is -3.88. The van der Waals surface area contributed by atoms with E-state index in [-0.39, 0.29) is 12.2 Å². The van der Waals surface area contributed by atoms with Crippen molar-refractivity contribution in [3.05, 3.63) is 84.4 Å². The van der Waals surface area contributed by atoms with Gasteiger partial charge in [-0.3, -0.25) is 10.1 Å². The van der Waals surface area contributed by atoms with E-state index in [0.29, 0.717) is 17.4 Å². The van der Waals surface area contributed by atoms with E-state index < -0.39 is 11.9 Å². The molecule has 0 atom stereocenters. The van der Waals surface area contributed by atoms with Gasteiger partial charge in [0.05, 0.1) is 6.54 Å². The number of para-hydroxylation sites is 1. The summed E-state index contributed by atoms with van der Waals surface area (Å²) in [7, 11) is 0. The maximum Gasteiger partial charge on any atom is 0.433 e. The molecule has 4 aromatic rings. The summed E-state index contributed by atoms with van der Waals surface area (Å²) in [5, 5.41) is 9.82. The van der Waals surface area contributed by atoms with Gasteiger partial charge in [-0.1, -0.05) is 18.2 Å². The van der Waals surface area contributed by atoms with Gasteiger partial charge < -0.3 is 10.1 Å². The van der Waals surface area contributed by atoms with Crippen LogP contribution in [0.5, 0.6) is 11.5 Å². The van der Waals surface area contributed by atoms with Crippen LogP contribution in [-0.4, -0.2) is 20.2 Å². The molecular formula is C21H16F3N5O. The van der Waals surface area contributed by atoms with Crippen LogP contribution in [-0.2, 0) is 12.7 Å². The van der Waals surface area contributed by atoms with Gasteiger partial charge in [-0.05, 0) is 48.5 Å². The molecular weight excluding hydrogens is 395 g/mol. The summed E-state index contributed by atoms with van der Waals surface area (Å²) in [6.45, 7) is 0.184. The van der Waals surface area contributed by atoms with Crippen molar-refractivity contribution in [3.8, 4) is 22.9 Å². The highest BCUT2D eigenvalue weighted by molar-refractivity contribution is 5.56. The van der Waals surface area contributed by atoms with Crippen molar-refractivity contribution in [1.29, 1.82) is 0 Å². The molecule has 0 amide bonds. The summed E-state index contributed by atoms with van der Waals surface area (Å²) < 4.78 is 44.0. The third-order valence-electron chi connectivity index (χ3n) is 4.13. The predicted molar refractivity (Wildman–Crippen MR) is 105 cm³/mol. The minimum atomic E-state index is -4.49. The van der Waals surface area contributed by atoms with Crippen LogP contribution in [0.2, 0.25) is 0 Å². The van der Waals surface area contributed by atoms with Gasteiger partial charge in [-0.2, -0.15) is 18.3 Å². The Morgan fingerprint density at radius 1 is 0.933 bits per heavy atom. The molecule has 0 aliphatic heterocycles. The number of aromatic nitrogens is 4. The van der Waals surface area contributed by atoms with Gasteiger partial charge in [-0.15, -0.1) is 0 Å². The Labute approximate surface area is 169 Å². The number of pyridine rings is 1. The van der Waals surface area contributed by atoms with E-state index in [1.807, 2.05) is 54.6 Å². The Morgan fingerprint density at radius 3 is 2.40 bits per heavy atom. The van der Waals surface area contributed by atoms with Crippen LogP contribution in [0.25, 0.3) is 11.4 Å². The van der Waals surface area contributed by atoms with Crippen LogP contribution in [0, 0.1) is 0 Å². The number of halogens is 3. The second-order valence-corrected chi connectivity index (χ2v) is 6.33. The van der Waals surface area contributed by atoms with Gasteiger partial charge in [0.15, 0.2) is 5.82 Å². The topological polar surface area (TPSA) is 75.7 Å². The van der Waals surface area contributed by atoms with Gasteiger partial charge in [0.1, 0.15) is 23.0 Å². The van der Waals surface area contributed by atoms with Gasteiger partial charge >= 0.3 is 6.18 Å². The van der Waals surface area contributed by atoms with Crippen LogP contribution in [0.4, 0.5) is 18.9 Å². The zero-order valence-corrected chi connectivity index (χ0v) is 15.5. The molecule has 2 N–H and O–H groups in total. The normalized spacial score (nSPS) is 11.3. The summed E-state index contributed by atoms with van der Waals surface area (Å²) in [6.07, 6.45) is -3.39. The molecule has 0 aliphatic carbocycles. The molecule has 0 radical (unpaired) electrons.